The van der Waals surface area contributed by atoms with Crippen molar-refractivity contribution in [2.45, 2.75) is 18.8 Å². The van der Waals surface area contributed by atoms with Gasteiger partial charge < -0.3 is 15.2 Å². The molecule has 4 aromatic rings. The molecule has 1 aliphatic rings. The van der Waals surface area contributed by atoms with Crippen LogP contribution < -0.4 is 15.5 Å². The molecule has 1 aromatic carbocycles. The Bertz CT molecular complexity index is 1210. The molecule has 1 atom stereocenters. The van der Waals surface area contributed by atoms with E-state index in [1.165, 1.54) is 5.56 Å². The third kappa shape index (κ3) is 4.18. The maximum Gasteiger partial charge on any atom is 0.324 e. The van der Waals surface area contributed by atoms with Gasteiger partial charge in [-0.2, -0.15) is 0 Å². The summed E-state index contributed by atoms with van der Waals surface area (Å²) in [5, 5.41) is 6.70. The molecule has 5 rings (SSSR count). The van der Waals surface area contributed by atoms with Crippen molar-refractivity contribution in [3.05, 3.63) is 72.8 Å². The molecule has 0 spiro atoms. The molecule has 0 bridgehead atoms. The molecule has 1 aliphatic heterocycles. The van der Waals surface area contributed by atoms with Crippen molar-refractivity contribution in [2.24, 2.45) is 0 Å². The Morgan fingerprint density at radius 2 is 2.06 bits per heavy atom. The second-order valence-electron chi connectivity index (χ2n) is 7.64. The fraction of sp³-hybridized carbons (Fsp3) is 0.217. The zero-order valence-electron chi connectivity index (χ0n) is 17.0. The molecule has 1 unspecified atom stereocenters. The summed E-state index contributed by atoms with van der Waals surface area (Å²) < 4.78 is 0. The largest absolute Gasteiger partial charge is 0.355 e. The number of benzene rings is 1. The van der Waals surface area contributed by atoms with Gasteiger partial charge in [-0.15, -0.1) is 0 Å². The predicted octanol–water partition coefficient (Wildman–Crippen LogP) is 5.12. The summed E-state index contributed by atoms with van der Waals surface area (Å²) in [6.07, 6.45) is 7.34. The average Bonchev–Trinajstić information content (AvgIpc) is 3.29. The number of anilines is 3. The van der Waals surface area contributed by atoms with Gasteiger partial charge in [0.1, 0.15) is 23.6 Å². The summed E-state index contributed by atoms with van der Waals surface area (Å²) >= 11 is 0. The minimum absolute atomic E-state index is 0. The Morgan fingerprint density at radius 1 is 1.10 bits per heavy atom. The van der Waals surface area contributed by atoms with Crippen molar-refractivity contribution in [1.82, 2.24) is 19.9 Å². The van der Waals surface area contributed by atoms with Crippen LogP contribution in [0, 0.1) is 0 Å². The van der Waals surface area contributed by atoms with E-state index in [0.717, 1.165) is 48.5 Å². The molecule has 1 saturated heterocycles. The zero-order chi connectivity index (χ0) is 21.0. The Morgan fingerprint density at radius 3 is 2.97 bits per heavy atom. The fourth-order valence-electron chi connectivity index (χ4n) is 4.14. The molecule has 0 radical (unpaired) electrons. The van der Waals surface area contributed by atoms with Gasteiger partial charge in [-0.1, -0.05) is 18.2 Å². The van der Waals surface area contributed by atoms with Crippen LogP contribution in [-0.4, -0.2) is 39.1 Å². The normalized spacial score (nSPS) is 16.3. The summed E-state index contributed by atoms with van der Waals surface area (Å²) in [4.78, 5) is 30.8. The van der Waals surface area contributed by atoms with E-state index in [9.17, 15) is 4.79 Å². The van der Waals surface area contributed by atoms with Gasteiger partial charge in [0.25, 0.3) is 0 Å². The van der Waals surface area contributed by atoms with E-state index < -0.39 is 0 Å². The monoisotopic (exact) mass is 419 g/mol. The topological polar surface area (TPSA) is 98.8 Å². The van der Waals surface area contributed by atoms with Crippen LogP contribution in [0.4, 0.5) is 22.1 Å². The number of fused-ring (bicyclic) bond motifs is 1. The van der Waals surface area contributed by atoms with E-state index in [2.05, 4.69) is 47.6 Å². The number of aromatic nitrogens is 4. The van der Waals surface area contributed by atoms with Crippen LogP contribution in [0.5, 0.6) is 0 Å². The van der Waals surface area contributed by atoms with Crippen LogP contribution in [0.3, 0.4) is 0 Å². The van der Waals surface area contributed by atoms with E-state index in [1.54, 1.807) is 18.6 Å². The molecule has 3 aromatic heterocycles. The predicted molar refractivity (Wildman–Crippen MR) is 128 cm³/mol. The molecule has 2 amide bonds. The van der Waals surface area contributed by atoms with Gasteiger partial charge in [-0.25, -0.2) is 19.7 Å². The maximum atomic E-state index is 12.3. The third-order valence-electron chi connectivity index (χ3n) is 5.58. The number of urea groups is 1. The number of hydrogen-bond acceptors (Lipinski definition) is 5. The van der Waals surface area contributed by atoms with Gasteiger partial charge in [0.15, 0.2) is 0 Å². The first-order chi connectivity index (χ1) is 15.3. The molecule has 0 aliphatic carbocycles. The van der Waals surface area contributed by atoms with Crippen molar-refractivity contribution in [3.8, 4) is 0 Å². The van der Waals surface area contributed by atoms with Crippen molar-refractivity contribution in [2.75, 3.05) is 28.6 Å². The van der Waals surface area contributed by atoms with E-state index in [4.69, 9.17) is 0 Å². The molecule has 0 saturated carbocycles. The minimum Gasteiger partial charge on any atom is -0.355 e. The number of piperidine rings is 1. The first kappa shape index (κ1) is 19.0. The molecule has 1 fully saturated rings. The highest BCUT2D eigenvalue weighted by Gasteiger charge is 2.24. The summed E-state index contributed by atoms with van der Waals surface area (Å²) in [7, 11) is 0. The van der Waals surface area contributed by atoms with Crippen molar-refractivity contribution in [1.29, 1.82) is 0 Å². The highest BCUT2D eigenvalue weighted by Crippen LogP contribution is 2.32. The van der Waals surface area contributed by atoms with Crippen molar-refractivity contribution in [3.63, 3.8) is 0 Å². The number of carbonyl (C=O) groups is 1. The summed E-state index contributed by atoms with van der Waals surface area (Å²) in [5.41, 5.74) is 2.83. The molecule has 4 heterocycles. The number of H-pyrrole nitrogens is 1. The van der Waals surface area contributed by atoms with Crippen LogP contribution in [0.1, 0.15) is 28.6 Å². The number of pyridine rings is 1. The zero-order valence-corrected chi connectivity index (χ0v) is 17.0. The van der Waals surface area contributed by atoms with Crippen LogP contribution in [0.2, 0.25) is 0 Å². The molecular formula is C23H29N7O. The second-order valence-corrected chi connectivity index (χ2v) is 7.64. The smallest absolute Gasteiger partial charge is 0.324 e. The minimum atomic E-state index is -0.308. The lowest BCUT2D eigenvalue weighted by molar-refractivity contribution is 0.262. The summed E-state index contributed by atoms with van der Waals surface area (Å²) in [6.45, 7) is 1.85. The average molecular weight is 420 g/mol. The van der Waals surface area contributed by atoms with Crippen LogP contribution >= 0.6 is 0 Å². The number of nitrogens with one attached hydrogen (secondary N) is 3. The summed E-state index contributed by atoms with van der Waals surface area (Å²) in [5.74, 6) is 1.85. The van der Waals surface area contributed by atoms with Gasteiger partial charge in [0, 0.05) is 41.4 Å². The lowest BCUT2D eigenvalue weighted by atomic mass is 9.90. The standard InChI is InChI=1S/C23H23N7O.3H2/c31-23(29-20-8-1-2-10-24-20)28-18-7-3-5-16(13-18)17-6-4-12-30(14-17)22-19-9-11-25-21(19)26-15-27-22;;;/h1-3,5,7-11,13,15,17H,4,6,12,14H2,(H,25,26,27)(H2,24,28,29,31);3*1H. The van der Waals surface area contributed by atoms with E-state index in [0.29, 0.717) is 11.7 Å². The lowest BCUT2D eigenvalue weighted by Crippen LogP contribution is -2.35. The van der Waals surface area contributed by atoms with Gasteiger partial charge in [-0.05, 0) is 48.7 Å². The van der Waals surface area contributed by atoms with Crippen LogP contribution in [0.15, 0.2) is 67.3 Å². The number of aromatic amines is 1. The fourth-order valence-corrected chi connectivity index (χ4v) is 4.14. The van der Waals surface area contributed by atoms with Gasteiger partial charge in [0.2, 0.25) is 0 Å². The Balaban J connectivity index is 0.00000136. The van der Waals surface area contributed by atoms with Gasteiger partial charge in [-0.3, -0.25) is 5.32 Å². The molecule has 8 nitrogen and oxygen atoms in total. The number of hydrogen-bond donors (Lipinski definition) is 3. The number of nitrogens with zero attached hydrogens (tertiary/aromatic N) is 4. The lowest BCUT2D eigenvalue weighted by Gasteiger charge is -2.34. The molecule has 162 valence electrons. The van der Waals surface area contributed by atoms with Crippen molar-refractivity contribution >= 4 is 34.4 Å². The molecule has 8 heteroatoms. The number of rotatable bonds is 4. The highest BCUT2D eigenvalue weighted by atomic mass is 16.2. The molecule has 31 heavy (non-hydrogen) atoms. The Kier molecular flexibility index (Phi) is 5.18. The second kappa shape index (κ2) is 8.43. The van der Waals surface area contributed by atoms with E-state index >= 15 is 0 Å². The highest BCUT2D eigenvalue weighted by molar-refractivity contribution is 5.99. The first-order valence-corrected chi connectivity index (χ1v) is 10.4. The first-order valence-electron chi connectivity index (χ1n) is 10.4. The van der Waals surface area contributed by atoms with Gasteiger partial charge >= 0.3 is 6.03 Å². The maximum absolute atomic E-state index is 12.3. The SMILES string of the molecule is O=C(Nc1cccc(C2CCCN(c3ncnc4[nH]ccc34)C2)c1)Nc1ccccn1.[HH].[HH].[HH]. The Hall–Kier alpha value is -3.94. The van der Waals surface area contributed by atoms with Crippen molar-refractivity contribution < 1.29 is 9.07 Å². The number of carbonyl (C=O) groups excluding carboxylic acids is 1. The quantitative estimate of drug-likeness (QED) is 0.426. The van der Waals surface area contributed by atoms with E-state index in [1.807, 2.05) is 36.5 Å². The van der Waals surface area contributed by atoms with E-state index in [-0.39, 0.29) is 10.3 Å². The number of amides is 2. The summed E-state index contributed by atoms with van der Waals surface area (Å²) in [6, 6.07) is 15.2. The van der Waals surface area contributed by atoms with Gasteiger partial charge in [0.05, 0.1) is 5.39 Å². The molecular weight excluding hydrogens is 390 g/mol. The van der Waals surface area contributed by atoms with Crippen LogP contribution in [-0.2, 0) is 0 Å². The third-order valence-corrected chi connectivity index (χ3v) is 5.58. The van der Waals surface area contributed by atoms with Crippen LogP contribution in [0.25, 0.3) is 11.0 Å². The Labute approximate surface area is 184 Å². The molecule has 3 N–H and O–H groups in total.